The van der Waals surface area contributed by atoms with E-state index in [1.807, 2.05) is 0 Å². The fourth-order valence-electron chi connectivity index (χ4n) is 1.36. The number of halogens is 5. The second-order valence-corrected chi connectivity index (χ2v) is 5.27. The third-order valence-electron chi connectivity index (χ3n) is 2.16. The molecule has 0 amide bonds. The molecule has 14 heteroatoms. The molecule has 7 nitrogen and oxygen atoms in total. The molecule has 0 aromatic carbocycles. The first-order chi connectivity index (χ1) is 9.29. The predicted octanol–water partition coefficient (Wildman–Crippen LogP) is 0.176. The van der Waals surface area contributed by atoms with Crippen molar-refractivity contribution in [2.45, 2.75) is 24.4 Å². The minimum Gasteiger partial charge on any atom is -0.298 e. The molecule has 1 fully saturated rings. The van der Waals surface area contributed by atoms with E-state index < -0.39 is 57.8 Å². The Morgan fingerprint density at radius 3 is 1.86 bits per heavy atom. The zero-order valence-corrected chi connectivity index (χ0v) is 11.6. The Morgan fingerprint density at radius 2 is 1.57 bits per heavy atom. The monoisotopic (exact) mass is 362 g/mol. The number of hydrogen-bond acceptors (Lipinski definition) is 7. The molecule has 1 heterocycles. The molecule has 3 unspecified atom stereocenters. The van der Waals surface area contributed by atoms with Crippen molar-refractivity contribution in [3.63, 3.8) is 0 Å². The third kappa shape index (κ3) is 4.49. The SMILES string of the molecule is CC1(C(=O)F)OC(F)(CF)C(F)(CS(=O)(=O)F)O1.O=S=O. The maximum absolute atomic E-state index is 13.8. The maximum atomic E-state index is 13.8. The van der Waals surface area contributed by atoms with E-state index in [4.69, 9.17) is 8.42 Å². The predicted molar refractivity (Wildman–Crippen MR) is 54.2 cm³/mol. The Kier molecular flexibility index (Phi) is 6.11. The Morgan fingerprint density at radius 1 is 1.19 bits per heavy atom. The summed E-state index contributed by atoms with van der Waals surface area (Å²) in [6.45, 7) is -1.92. The van der Waals surface area contributed by atoms with Crippen LogP contribution in [0.4, 0.5) is 21.4 Å². The average Bonchev–Trinajstić information content (AvgIpc) is 2.46. The fraction of sp³-hybridized carbons (Fsp3) is 0.857. The lowest BCUT2D eigenvalue weighted by Crippen LogP contribution is -2.50. The molecule has 1 aliphatic rings. The zero-order valence-electron chi connectivity index (χ0n) is 9.98. The smallest absolute Gasteiger partial charge is 0.298 e. The van der Waals surface area contributed by atoms with Gasteiger partial charge in [0.25, 0.3) is 11.6 Å². The van der Waals surface area contributed by atoms with Gasteiger partial charge in [0, 0.05) is 6.92 Å². The minimum atomic E-state index is -5.64. The molecule has 0 N–H and O–H groups in total. The van der Waals surface area contributed by atoms with Gasteiger partial charge in [-0.1, -0.05) is 0 Å². The number of rotatable bonds is 4. The van der Waals surface area contributed by atoms with Crippen LogP contribution in [0.2, 0.25) is 0 Å². The van der Waals surface area contributed by atoms with Gasteiger partial charge in [-0.15, -0.1) is 3.89 Å². The van der Waals surface area contributed by atoms with Crippen molar-refractivity contribution >= 4 is 27.8 Å². The van der Waals surface area contributed by atoms with Crippen molar-refractivity contribution in [1.82, 2.24) is 0 Å². The van der Waals surface area contributed by atoms with E-state index in [1.165, 1.54) is 0 Å². The standard InChI is InChI=1S/C7H7F5O5S.O2S/c1-5(4(9)13)16-6(10,2-8)7(11,17-5)3-18(12,14)15;1-3-2/h2-3H2,1H3;. The molecular formula is C7H7F5O7S2. The molecule has 1 aliphatic heterocycles. The topological polar surface area (TPSA) is 104 Å². The molecular weight excluding hydrogens is 355 g/mol. The largest absolute Gasteiger partial charge is 0.360 e. The molecule has 0 bridgehead atoms. The highest BCUT2D eigenvalue weighted by Crippen LogP contribution is 2.48. The van der Waals surface area contributed by atoms with Crippen LogP contribution in [0.5, 0.6) is 0 Å². The summed E-state index contributed by atoms with van der Waals surface area (Å²) in [5, 5.41) is 0. The first-order valence-electron chi connectivity index (χ1n) is 4.67. The van der Waals surface area contributed by atoms with Gasteiger partial charge in [0.05, 0.1) is 0 Å². The van der Waals surface area contributed by atoms with Gasteiger partial charge in [0.1, 0.15) is 5.75 Å². The quantitative estimate of drug-likeness (QED) is 0.519. The Hall–Kier alpha value is -0.990. The van der Waals surface area contributed by atoms with Crippen LogP contribution in [0.25, 0.3) is 0 Å². The number of alkyl halides is 3. The third-order valence-corrected chi connectivity index (χ3v) is 2.87. The van der Waals surface area contributed by atoms with E-state index in [0.717, 1.165) is 0 Å². The van der Waals surface area contributed by atoms with Crippen molar-refractivity contribution in [3.8, 4) is 0 Å². The van der Waals surface area contributed by atoms with Crippen molar-refractivity contribution in [3.05, 3.63) is 0 Å². The van der Waals surface area contributed by atoms with Gasteiger partial charge in [-0.25, -0.2) is 13.2 Å². The Balaban J connectivity index is 0.00000122. The van der Waals surface area contributed by atoms with Crippen LogP contribution >= 0.6 is 0 Å². The van der Waals surface area contributed by atoms with Crippen molar-refractivity contribution in [1.29, 1.82) is 0 Å². The molecule has 0 aromatic rings. The molecule has 0 radical (unpaired) electrons. The molecule has 0 aliphatic carbocycles. The van der Waals surface area contributed by atoms with Crippen LogP contribution in [-0.2, 0) is 36.1 Å². The second kappa shape index (κ2) is 6.41. The molecule has 0 aromatic heterocycles. The number of carbonyl (C=O) groups is 1. The summed E-state index contributed by atoms with van der Waals surface area (Å²) in [7, 11) is -5.64. The molecule has 3 atom stereocenters. The lowest BCUT2D eigenvalue weighted by atomic mass is 10.2. The number of ether oxygens (including phenoxy) is 2. The molecule has 1 saturated heterocycles. The Bertz CT molecular complexity index is 550. The molecule has 21 heavy (non-hydrogen) atoms. The number of carbonyl (C=O) groups excluding carboxylic acids is 1. The fourth-order valence-corrected chi connectivity index (χ4v) is 2.07. The van der Waals surface area contributed by atoms with E-state index >= 15 is 0 Å². The van der Waals surface area contributed by atoms with Crippen molar-refractivity contribution in [2.75, 3.05) is 12.4 Å². The van der Waals surface area contributed by atoms with Crippen LogP contribution in [0.3, 0.4) is 0 Å². The van der Waals surface area contributed by atoms with E-state index in [0.29, 0.717) is 6.92 Å². The van der Waals surface area contributed by atoms with Gasteiger partial charge in [0.2, 0.25) is 0 Å². The van der Waals surface area contributed by atoms with Gasteiger partial charge >= 0.3 is 33.7 Å². The molecule has 0 spiro atoms. The first-order valence-corrected chi connectivity index (χ1v) is 6.89. The summed E-state index contributed by atoms with van der Waals surface area (Å²) in [6.07, 6.45) is 0. The minimum absolute atomic E-state index is 0.394. The van der Waals surface area contributed by atoms with Crippen LogP contribution in [0.1, 0.15) is 6.92 Å². The highest BCUT2D eigenvalue weighted by Gasteiger charge is 2.72. The molecule has 1 rings (SSSR count). The lowest BCUT2D eigenvalue weighted by Gasteiger charge is -2.25. The summed E-state index contributed by atoms with van der Waals surface area (Å²) >= 11 is -0.750. The first kappa shape index (κ1) is 20.0. The normalized spacial score (nSPS) is 35.7. The van der Waals surface area contributed by atoms with Crippen LogP contribution in [-0.4, -0.2) is 52.8 Å². The summed E-state index contributed by atoms with van der Waals surface area (Å²) in [4.78, 5) is 10.4. The van der Waals surface area contributed by atoms with Crippen molar-refractivity contribution < 1.29 is 52.6 Å². The van der Waals surface area contributed by atoms with E-state index in [1.54, 1.807) is 0 Å². The van der Waals surface area contributed by atoms with Crippen LogP contribution in [0, 0.1) is 0 Å². The average molecular weight is 362 g/mol. The summed E-state index contributed by atoms with van der Waals surface area (Å²) < 4.78 is 109. The molecule has 0 saturated carbocycles. The van der Waals surface area contributed by atoms with Gasteiger partial charge < -0.3 is 0 Å². The Labute approximate surface area is 118 Å². The van der Waals surface area contributed by atoms with E-state index in [9.17, 15) is 34.7 Å². The number of hydrogen-bond donors (Lipinski definition) is 0. The van der Waals surface area contributed by atoms with Crippen molar-refractivity contribution in [2.24, 2.45) is 0 Å². The van der Waals surface area contributed by atoms with E-state index in [2.05, 4.69) is 9.47 Å². The lowest BCUT2D eigenvalue weighted by molar-refractivity contribution is -0.220. The summed E-state index contributed by atoms with van der Waals surface area (Å²) in [6, 6.07) is -2.53. The second-order valence-electron chi connectivity index (χ2n) is 3.77. The highest BCUT2D eigenvalue weighted by molar-refractivity contribution is 7.86. The van der Waals surface area contributed by atoms with Gasteiger partial charge in [-0.05, 0) is 0 Å². The zero-order chi connectivity index (χ0) is 17.1. The highest BCUT2D eigenvalue weighted by atomic mass is 32.3. The van der Waals surface area contributed by atoms with E-state index in [-0.39, 0.29) is 0 Å². The van der Waals surface area contributed by atoms with Crippen LogP contribution in [0.15, 0.2) is 0 Å². The summed E-state index contributed by atoms with van der Waals surface area (Å²) in [5.74, 6) is -13.8. The van der Waals surface area contributed by atoms with Crippen LogP contribution < -0.4 is 0 Å². The van der Waals surface area contributed by atoms with Gasteiger partial charge in [-0.3, -0.25) is 14.3 Å². The molecule has 124 valence electrons. The van der Waals surface area contributed by atoms with Gasteiger partial charge in [0.15, 0.2) is 6.67 Å². The summed E-state index contributed by atoms with van der Waals surface area (Å²) in [5.41, 5.74) is 0. The van der Waals surface area contributed by atoms with Gasteiger partial charge in [-0.2, -0.15) is 21.2 Å². The maximum Gasteiger partial charge on any atom is 0.360 e.